The lowest BCUT2D eigenvalue weighted by Crippen LogP contribution is -2.41. The van der Waals surface area contributed by atoms with Crippen LogP contribution in [-0.4, -0.2) is 16.1 Å². The summed E-state index contributed by atoms with van der Waals surface area (Å²) < 4.78 is 0. The lowest BCUT2D eigenvalue weighted by molar-refractivity contribution is 0.144. The maximum absolute atomic E-state index is 6.11. The Balaban J connectivity index is 4.95. The second-order valence-electron chi connectivity index (χ2n) is 5.97. The first-order valence-corrected chi connectivity index (χ1v) is 6.16. The fraction of sp³-hybridized carbons (Fsp3) is 1.00. The molecule has 0 saturated carbocycles. The van der Waals surface area contributed by atoms with Crippen molar-refractivity contribution in [1.82, 2.24) is 0 Å². The Morgan fingerprint density at radius 1 is 0.917 bits per heavy atom. The van der Waals surface area contributed by atoms with E-state index in [1.165, 1.54) is 0 Å². The van der Waals surface area contributed by atoms with Gasteiger partial charge < -0.3 is 0 Å². The first-order valence-electron chi connectivity index (χ1n) is 4.62. The zero-order valence-corrected chi connectivity index (χ0v) is 12.3. The third-order valence-corrected chi connectivity index (χ3v) is 7.91. The summed E-state index contributed by atoms with van der Waals surface area (Å²) in [5.74, 6) is 0.784. The van der Waals surface area contributed by atoms with Crippen molar-refractivity contribution in [3.8, 4) is 0 Å². The molecule has 0 aliphatic carbocycles. The maximum atomic E-state index is 6.11. The van der Waals surface area contributed by atoms with Gasteiger partial charge in [-0.1, -0.05) is 41.5 Å². The van der Waals surface area contributed by atoms with Crippen LogP contribution < -0.4 is 0 Å². The lowest BCUT2D eigenvalue weighted by atomic mass is 9.66. The first kappa shape index (κ1) is 12.5. The summed E-state index contributed by atoms with van der Waals surface area (Å²) in [7, 11) is 1.16. The van der Waals surface area contributed by atoms with Gasteiger partial charge in [-0.15, -0.1) is 11.6 Å². The van der Waals surface area contributed by atoms with Gasteiger partial charge in [0, 0.05) is 16.1 Å². The molecule has 0 spiro atoms. The summed E-state index contributed by atoms with van der Waals surface area (Å²) in [5.41, 5.74) is 0.637. The third-order valence-electron chi connectivity index (χ3n) is 3.58. The molecule has 0 fully saturated rings. The summed E-state index contributed by atoms with van der Waals surface area (Å²) in [4.78, 5) is 0. The molecule has 2 heteroatoms. The van der Waals surface area contributed by atoms with E-state index >= 15 is 0 Å². The topological polar surface area (TPSA) is 0 Å². The summed E-state index contributed by atoms with van der Waals surface area (Å²) in [5, 5.41) is 0.321. The van der Waals surface area contributed by atoms with Gasteiger partial charge in [0.1, 0.15) is 0 Å². The van der Waals surface area contributed by atoms with Crippen LogP contribution in [0.15, 0.2) is 0 Å². The van der Waals surface area contributed by atoms with Crippen LogP contribution in [0.1, 0.15) is 41.5 Å². The van der Waals surface area contributed by atoms with Crippen LogP contribution in [0.25, 0.3) is 0 Å². The Hall–Kier alpha value is 0.507. The van der Waals surface area contributed by atoms with E-state index in [9.17, 15) is 0 Å². The van der Waals surface area contributed by atoms with E-state index in [0.717, 1.165) is 16.1 Å². The van der Waals surface area contributed by atoms with E-state index in [0.29, 0.717) is 15.9 Å². The highest BCUT2D eigenvalue weighted by molar-refractivity contribution is 6.26. The minimum Gasteiger partial charge on any atom is -0.126 e. The van der Waals surface area contributed by atoms with Crippen LogP contribution in [-0.2, 0) is 0 Å². The first-order chi connectivity index (χ1) is 5.06. The number of alkyl halides is 1. The largest absolute Gasteiger partial charge is 0.126 e. The van der Waals surface area contributed by atoms with Gasteiger partial charge in [-0.25, -0.2) is 0 Å². The molecule has 0 aromatic heterocycles. The van der Waals surface area contributed by atoms with E-state index in [4.69, 9.17) is 11.6 Å². The number of hydrogen-bond acceptors (Lipinski definition) is 0. The van der Waals surface area contributed by atoms with Crippen molar-refractivity contribution in [2.24, 2.45) is 10.8 Å². The number of rotatable bonds is 1. The highest BCUT2D eigenvalue weighted by atomic mass is 35.5. The normalized spacial score (nSPS) is 15.2. The van der Waals surface area contributed by atoms with E-state index in [-0.39, 0.29) is 0 Å². The third kappa shape index (κ3) is 2.05. The molecule has 0 rings (SSSR count). The minimum absolute atomic E-state index is 0.319. The molecule has 0 aromatic carbocycles. The van der Waals surface area contributed by atoms with Gasteiger partial charge in [-0.3, -0.25) is 0 Å². The average molecular weight is 207 g/mol. The van der Waals surface area contributed by atoms with Crippen LogP contribution >= 0.6 is 11.6 Å². The van der Waals surface area contributed by atoms with Crippen molar-refractivity contribution in [3.63, 3.8) is 0 Å². The lowest BCUT2D eigenvalue weighted by Gasteiger charge is -2.50. The van der Waals surface area contributed by atoms with Crippen molar-refractivity contribution in [2.75, 3.05) is 5.88 Å². The summed E-state index contributed by atoms with van der Waals surface area (Å²) in [6.07, 6.45) is 0. The van der Waals surface area contributed by atoms with Gasteiger partial charge in [-0.05, 0) is 15.9 Å². The standard InChI is InChI=1S/C10H23ClSi/c1-8(2,3)10(12,7-11)9(4,5)6/h7H2,1-6,12H3. The van der Waals surface area contributed by atoms with Gasteiger partial charge >= 0.3 is 0 Å². The summed E-state index contributed by atoms with van der Waals surface area (Å²) in [6, 6.07) is 0. The van der Waals surface area contributed by atoms with Gasteiger partial charge in [0.15, 0.2) is 0 Å². The molecule has 0 atom stereocenters. The van der Waals surface area contributed by atoms with E-state index in [1.54, 1.807) is 0 Å². The molecule has 0 saturated heterocycles. The summed E-state index contributed by atoms with van der Waals surface area (Å²) >= 11 is 6.11. The predicted octanol–water partition coefficient (Wildman–Crippen LogP) is 2.84. The number of halogens is 1. The van der Waals surface area contributed by atoms with Crippen LogP contribution in [0, 0.1) is 10.8 Å². The predicted molar refractivity (Wildman–Crippen MR) is 62.3 cm³/mol. The van der Waals surface area contributed by atoms with Gasteiger partial charge in [0.05, 0.1) is 0 Å². The fourth-order valence-corrected chi connectivity index (χ4v) is 2.33. The molecule has 0 aliphatic heterocycles. The van der Waals surface area contributed by atoms with E-state index in [2.05, 4.69) is 41.5 Å². The van der Waals surface area contributed by atoms with E-state index < -0.39 is 0 Å². The van der Waals surface area contributed by atoms with Crippen LogP contribution in [0.5, 0.6) is 0 Å². The molecular formula is C10H23ClSi. The molecule has 0 heterocycles. The highest BCUT2D eigenvalue weighted by Gasteiger charge is 2.45. The molecular weight excluding hydrogens is 184 g/mol. The average Bonchev–Trinajstić information content (AvgIpc) is 1.81. The minimum atomic E-state index is 0.319. The van der Waals surface area contributed by atoms with Crippen molar-refractivity contribution in [1.29, 1.82) is 0 Å². The Bertz CT molecular complexity index is 136. The second kappa shape index (κ2) is 3.34. The Morgan fingerprint density at radius 2 is 1.17 bits per heavy atom. The second-order valence-corrected chi connectivity index (χ2v) is 7.94. The van der Waals surface area contributed by atoms with Crippen molar-refractivity contribution < 1.29 is 0 Å². The molecule has 0 radical (unpaired) electrons. The van der Waals surface area contributed by atoms with Gasteiger partial charge in [0.25, 0.3) is 0 Å². The fourth-order valence-electron chi connectivity index (χ4n) is 1.53. The molecule has 12 heavy (non-hydrogen) atoms. The van der Waals surface area contributed by atoms with Crippen LogP contribution in [0.2, 0.25) is 5.04 Å². The number of hydrogen-bond donors (Lipinski definition) is 0. The molecule has 0 N–H and O–H groups in total. The maximum Gasteiger partial charge on any atom is 0.0256 e. The molecule has 0 aromatic rings. The molecule has 0 nitrogen and oxygen atoms in total. The Kier molecular flexibility index (Phi) is 3.48. The zero-order valence-electron chi connectivity index (χ0n) is 9.59. The Morgan fingerprint density at radius 3 is 1.17 bits per heavy atom. The quantitative estimate of drug-likeness (QED) is 0.457. The monoisotopic (exact) mass is 206 g/mol. The molecule has 0 bridgehead atoms. The van der Waals surface area contributed by atoms with Crippen molar-refractivity contribution >= 4 is 21.8 Å². The molecule has 0 unspecified atom stereocenters. The smallest absolute Gasteiger partial charge is 0.0256 e. The van der Waals surface area contributed by atoms with Gasteiger partial charge in [-0.2, -0.15) is 0 Å². The van der Waals surface area contributed by atoms with E-state index in [1.807, 2.05) is 0 Å². The van der Waals surface area contributed by atoms with Crippen molar-refractivity contribution in [3.05, 3.63) is 0 Å². The molecule has 74 valence electrons. The summed E-state index contributed by atoms with van der Waals surface area (Å²) in [6.45, 7) is 13.8. The van der Waals surface area contributed by atoms with Crippen molar-refractivity contribution in [2.45, 2.75) is 46.6 Å². The SMILES string of the molecule is CC(C)(C)C([SiH3])(CCl)C(C)(C)C. The van der Waals surface area contributed by atoms with Crippen LogP contribution in [0.4, 0.5) is 0 Å². The molecule has 0 amide bonds. The molecule has 0 aliphatic rings. The Labute approximate surface area is 85.5 Å². The zero-order chi connectivity index (χ0) is 10.2. The van der Waals surface area contributed by atoms with Gasteiger partial charge in [0.2, 0.25) is 0 Å². The highest BCUT2D eigenvalue weighted by Crippen LogP contribution is 2.55. The van der Waals surface area contributed by atoms with Crippen LogP contribution in [0.3, 0.4) is 0 Å².